The molecule has 1 aromatic carbocycles. The molecule has 1 amide bonds. The number of likely N-dealkylation sites (N-methyl/N-ethyl adjacent to an activating group) is 1. The van der Waals surface area contributed by atoms with Gasteiger partial charge in [-0.3, -0.25) is 4.79 Å². The average molecular weight is 410 g/mol. The van der Waals surface area contributed by atoms with Crippen molar-refractivity contribution in [2.45, 2.75) is 0 Å². The van der Waals surface area contributed by atoms with Crippen LogP contribution in [-0.4, -0.2) is 85.1 Å². The predicted octanol–water partition coefficient (Wildman–Crippen LogP) is 1.73. The molecule has 7 nitrogen and oxygen atoms in total. The lowest BCUT2D eigenvalue weighted by Crippen LogP contribution is -2.48. The lowest BCUT2D eigenvalue weighted by molar-refractivity contribution is -0.126. The maximum Gasteiger partial charge on any atom is 0.246 e. The molecule has 2 saturated heterocycles. The van der Waals surface area contributed by atoms with Gasteiger partial charge >= 0.3 is 0 Å². The van der Waals surface area contributed by atoms with Crippen LogP contribution in [0.15, 0.2) is 42.7 Å². The van der Waals surface area contributed by atoms with E-state index in [2.05, 4.69) is 31.7 Å². The minimum Gasteiger partial charge on any atom is -0.354 e. The summed E-state index contributed by atoms with van der Waals surface area (Å²) in [6, 6.07) is 8.48. The molecule has 8 heteroatoms. The number of hydrogen-bond acceptors (Lipinski definition) is 6. The lowest BCUT2D eigenvalue weighted by atomic mass is 10.2. The van der Waals surface area contributed by atoms with Gasteiger partial charge in [0.2, 0.25) is 5.91 Å². The number of carbonyl (C=O) groups is 1. The summed E-state index contributed by atoms with van der Waals surface area (Å²) in [4.78, 5) is 30.0. The van der Waals surface area contributed by atoms with Gasteiger partial charge in [-0.05, 0) is 19.2 Å². The molecule has 2 aliphatic heterocycles. The highest BCUT2D eigenvalue weighted by Gasteiger charge is 2.22. The first kappa shape index (κ1) is 20.3. The lowest BCUT2D eigenvalue weighted by Gasteiger charge is -2.36. The monoisotopic (exact) mass is 410 g/mol. The Morgan fingerprint density at radius 1 is 0.933 bits per heavy atom. The summed E-state index contributed by atoms with van der Waals surface area (Å²) < 4.78 is 13.7. The summed E-state index contributed by atoms with van der Waals surface area (Å²) in [5.74, 6) is 1.43. The van der Waals surface area contributed by atoms with E-state index in [9.17, 15) is 9.18 Å². The van der Waals surface area contributed by atoms with Crippen LogP contribution in [0.5, 0.6) is 0 Å². The third kappa shape index (κ3) is 4.76. The van der Waals surface area contributed by atoms with E-state index in [4.69, 9.17) is 0 Å². The fraction of sp³-hybridized carbons (Fsp3) is 0.409. The quantitative estimate of drug-likeness (QED) is 0.716. The molecule has 2 fully saturated rings. The van der Waals surface area contributed by atoms with Gasteiger partial charge in [0.25, 0.3) is 0 Å². The molecule has 0 atom stereocenters. The van der Waals surface area contributed by atoms with E-state index in [-0.39, 0.29) is 11.7 Å². The predicted molar refractivity (Wildman–Crippen MR) is 116 cm³/mol. The Labute approximate surface area is 176 Å². The molecule has 2 aliphatic rings. The third-order valence-electron chi connectivity index (χ3n) is 5.69. The number of nitrogens with zero attached hydrogens (tertiary/aromatic N) is 6. The van der Waals surface area contributed by atoms with Crippen LogP contribution in [0, 0.1) is 5.82 Å². The number of hydrogen-bond donors (Lipinski definition) is 0. The molecule has 0 aliphatic carbocycles. The Morgan fingerprint density at radius 3 is 2.17 bits per heavy atom. The fourth-order valence-corrected chi connectivity index (χ4v) is 3.75. The third-order valence-corrected chi connectivity index (χ3v) is 5.69. The highest BCUT2D eigenvalue weighted by molar-refractivity contribution is 5.92. The van der Waals surface area contributed by atoms with Crippen molar-refractivity contribution in [3.63, 3.8) is 0 Å². The summed E-state index contributed by atoms with van der Waals surface area (Å²) >= 11 is 0. The van der Waals surface area contributed by atoms with Gasteiger partial charge in [-0.25, -0.2) is 14.4 Å². The van der Waals surface area contributed by atoms with Crippen molar-refractivity contribution >= 4 is 23.6 Å². The zero-order valence-electron chi connectivity index (χ0n) is 17.2. The Morgan fingerprint density at radius 2 is 1.53 bits per heavy atom. The van der Waals surface area contributed by atoms with E-state index >= 15 is 0 Å². The van der Waals surface area contributed by atoms with Crippen molar-refractivity contribution in [1.29, 1.82) is 0 Å². The van der Waals surface area contributed by atoms with Crippen molar-refractivity contribution in [2.75, 3.05) is 69.2 Å². The van der Waals surface area contributed by atoms with Gasteiger partial charge in [-0.2, -0.15) is 0 Å². The van der Waals surface area contributed by atoms with E-state index in [0.29, 0.717) is 31.7 Å². The maximum atomic E-state index is 13.7. The summed E-state index contributed by atoms with van der Waals surface area (Å²) in [6.07, 6.45) is 4.61. The summed E-state index contributed by atoms with van der Waals surface area (Å²) in [5.41, 5.74) is 0.418. The molecule has 3 heterocycles. The van der Waals surface area contributed by atoms with Crippen molar-refractivity contribution in [3.8, 4) is 0 Å². The standard InChI is InChI=1S/C22H27FN6O/c1-26-8-10-27(11-9-26)20-16-21(25-17-24-20)28-12-14-29(15-13-28)22(30)7-6-18-4-2-3-5-19(18)23/h2-7,16-17H,8-15H2,1H3/b7-6+. The molecule has 1 aromatic heterocycles. The van der Waals surface area contributed by atoms with Crippen molar-refractivity contribution in [2.24, 2.45) is 0 Å². The van der Waals surface area contributed by atoms with Crippen molar-refractivity contribution in [3.05, 3.63) is 54.1 Å². The molecule has 4 rings (SSSR count). The van der Waals surface area contributed by atoms with Crippen LogP contribution in [0.25, 0.3) is 6.08 Å². The van der Waals surface area contributed by atoms with Crippen LogP contribution in [0.2, 0.25) is 0 Å². The number of aromatic nitrogens is 2. The second kappa shape index (κ2) is 9.21. The molecule has 158 valence electrons. The summed E-state index contributed by atoms with van der Waals surface area (Å²) in [5, 5.41) is 0. The average Bonchev–Trinajstić information content (AvgIpc) is 2.79. The van der Waals surface area contributed by atoms with Gasteiger partial charge in [0.1, 0.15) is 23.8 Å². The Balaban J connectivity index is 1.34. The smallest absolute Gasteiger partial charge is 0.246 e. The number of anilines is 2. The number of benzene rings is 1. The first-order valence-corrected chi connectivity index (χ1v) is 10.3. The first-order valence-electron chi connectivity index (χ1n) is 10.3. The SMILES string of the molecule is CN1CCN(c2cc(N3CCN(C(=O)/C=C/c4ccccc4F)CC3)ncn2)CC1. The Hall–Kier alpha value is -3.00. The van der Waals surface area contributed by atoms with Crippen molar-refractivity contribution in [1.82, 2.24) is 19.8 Å². The molecule has 2 aromatic rings. The number of amides is 1. The van der Waals surface area contributed by atoms with Crippen LogP contribution in [0.3, 0.4) is 0 Å². The molecule has 0 unspecified atom stereocenters. The van der Waals surface area contributed by atoms with Crippen LogP contribution < -0.4 is 9.80 Å². The topological polar surface area (TPSA) is 55.8 Å². The van der Waals surface area contributed by atoms with E-state index in [1.54, 1.807) is 29.4 Å². The van der Waals surface area contributed by atoms with E-state index < -0.39 is 0 Å². The van der Waals surface area contributed by atoms with Crippen molar-refractivity contribution < 1.29 is 9.18 Å². The number of carbonyl (C=O) groups excluding carboxylic acids is 1. The fourth-order valence-electron chi connectivity index (χ4n) is 3.75. The normalized spacial score (nSPS) is 18.3. The van der Waals surface area contributed by atoms with Gasteiger partial charge in [0, 0.05) is 70.1 Å². The minimum absolute atomic E-state index is 0.0984. The highest BCUT2D eigenvalue weighted by atomic mass is 19.1. The van der Waals surface area contributed by atoms with E-state index in [1.807, 2.05) is 6.07 Å². The molecule has 30 heavy (non-hydrogen) atoms. The second-order valence-corrected chi connectivity index (χ2v) is 7.69. The molecular weight excluding hydrogens is 383 g/mol. The Bertz CT molecular complexity index is 904. The molecule has 0 bridgehead atoms. The highest BCUT2D eigenvalue weighted by Crippen LogP contribution is 2.20. The molecule has 0 radical (unpaired) electrons. The molecular formula is C22H27FN6O. The number of halogens is 1. The number of rotatable bonds is 4. The zero-order valence-corrected chi connectivity index (χ0v) is 17.2. The van der Waals surface area contributed by atoms with Gasteiger partial charge < -0.3 is 19.6 Å². The molecule has 0 N–H and O–H groups in total. The first-order chi connectivity index (χ1) is 14.6. The van der Waals surface area contributed by atoms with E-state index in [1.165, 1.54) is 18.2 Å². The molecule has 0 saturated carbocycles. The summed E-state index contributed by atoms with van der Waals surface area (Å²) in [6.45, 7) is 6.60. The van der Waals surface area contributed by atoms with Crippen LogP contribution >= 0.6 is 0 Å². The van der Waals surface area contributed by atoms with Gasteiger partial charge in [-0.15, -0.1) is 0 Å². The molecule has 0 spiro atoms. The van der Waals surface area contributed by atoms with Gasteiger partial charge in [0.15, 0.2) is 0 Å². The minimum atomic E-state index is -0.328. The zero-order chi connectivity index (χ0) is 20.9. The number of piperazine rings is 2. The van der Waals surface area contributed by atoms with Gasteiger partial charge in [0.05, 0.1) is 0 Å². The largest absolute Gasteiger partial charge is 0.354 e. The summed E-state index contributed by atoms with van der Waals surface area (Å²) in [7, 11) is 2.13. The van der Waals surface area contributed by atoms with E-state index in [0.717, 1.165) is 37.8 Å². The Kier molecular flexibility index (Phi) is 6.23. The second-order valence-electron chi connectivity index (χ2n) is 7.69. The van der Waals surface area contributed by atoms with Crippen LogP contribution in [0.4, 0.5) is 16.0 Å². The van der Waals surface area contributed by atoms with Gasteiger partial charge in [-0.1, -0.05) is 18.2 Å². The maximum absolute atomic E-state index is 13.7. The van der Waals surface area contributed by atoms with Crippen LogP contribution in [0.1, 0.15) is 5.56 Å². The van der Waals surface area contributed by atoms with Crippen LogP contribution in [-0.2, 0) is 4.79 Å².